The highest BCUT2D eigenvalue weighted by Crippen LogP contribution is 2.19. The molecule has 0 aromatic rings. The van der Waals surface area contributed by atoms with Gasteiger partial charge >= 0.3 is 0 Å². The van der Waals surface area contributed by atoms with Crippen molar-refractivity contribution in [2.75, 3.05) is 19.8 Å². The molecule has 1 fully saturated rings. The van der Waals surface area contributed by atoms with Crippen LogP contribution in [-0.2, 0) is 9.47 Å². The van der Waals surface area contributed by atoms with E-state index in [-0.39, 0.29) is 6.10 Å². The molecule has 1 saturated carbocycles. The van der Waals surface area contributed by atoms with E-state index in [0.29, 0.717) is 25.9 Å². The van der Waals surface area contributed by atoms with Gasteiger partial charge in [0, 0.05) is 12.6 Å². The van der Waals surface area contributed by atoms with Gasteiger partial charge in [0.15, 0.2) is 0 Å². The van der Waals surface area contributed by atoms with Crippen molar-refractivity contribution in [1.29, 1.82) is 0 Å². The minimum absolute atomic E-state index is 0.279. The molecule has 0 radical (unpaired) electrons. The zero-order chi connectivity index (χ0) is 11.1. The average molecular weight is 217 g/mol. The number of hydrogen-bond donors (Lipinski definition) is 2. The van der Waals surface area contributed by atoms with Crippen molar-refractivity contribution in [1.82, 2.24) is 0 Å². The van der Waals surface area contributed by atoms with Gasteiger partial charge in [-0.1, -0.05) is 0 Å². The van der Waals surface area contributed by atoms with Crippen LogP contribution in [0.2, 0.25) is 0 Å². The van der Waals surface area contributed by atoms with Crippen LogP contribution in [0.5, 0.6) is 0 Å². The Hall–Kier alpha value is -0.160. The molecule has 0 aromatic heterocycles. The Balaban J connectivity index is 2.04. The molecule has 0 aliphatic heterocycles. The highest BCUT2D eigenvalue weighted by atomic mass is 16.5. The fourth-order valence-electron chi connectivity index (χ4n) is 1.80. The van der Waals surface area contributed by atoms with Crippen LogP contribution >= 0.6 is 0 Å². The molecule has 1 aliphatic rings. The second kappa shape index (κ2) is 7.17. The van der Waals surface area contributed by atoms with Crippen LogP contribution < -0.4 is 5.73 Å². The molecule has 0 amide bonds. The second-order valence-corrected chi connectivity index (χ2v) is 4.18. The normalized spacial score (nSPS) is 29.0. The number of aliphatic hydroxyl groups excluding tert-OH is 1. The predicted octanol–water partition coefficient (Wildman–Crippen LogP) is 0.670. The maximum Gasteiger partial charge on any atom is 0.101 e. The van der Waals surface area contributed by atoms with Crippen LogP contribution in [0.4, 0.5) is 0 Å². The SMILES string of the molecule is CCOCC(O)COC1CCC(N)CC1. The summed E-state index contributed by atoms with van der Waals surface area (Å²) in [4.78, 5) is 0. The Labute approximate surface area is 91.7 Å². The Morgan fingerprint density at radius 3 is 2.53 bits per heavy atom. The first-order chi connectivity index (χ1) is 7.22. The van der Waals surface area contributed by atoms with Crippen molar-refractivity contribution < 1.29 is 14.6 Å². The summed E-state index contributed by atoms with van der Waals surface area (Å²) in [5.74, 6) is 0. The molecule has 1 aliphatic carbocycles. The first-order valence-corrected chi connectivity index (χ1v) is 5.85. The monoisotopic (exact) mass is 217 g/mol. The van der Waals surface area contributed by atoms with E-state index in [1.807, 2.05) is 6.92 Å². The van der Waals surface area contributed by atoms with Crippen molar-refractivity contribution >= 4 is 0 Å². The van der Waals surface area contributed by atoms with Crippen LogP contribution in [-0.4, -0.2) is 43.2 Å². The van der Waals surface area contributed by atoms with Gasteiger partial charge in [-0.3, -0.25) is 0 Å². The third-order valence-corrected chi connectivity index (χ3v) is 2.76. The summed E-state index contributed by atoms with van der Waals surface area (Å²) in [6, 6.07) is 0.346. The zero-order valence-electron chi connectivity index (χ0n) is 9.52. The molecule has 0 heterocycles. The highest BCUT2D eigenvalue weighted by molar-refractivity contribution is 4.74. The zero-order valence-corrected chi connectivity index (χ0v) is 9.52. The molecular formula is C11H23NO3. The first kappa shape index (κ1) is 12.9. The van der Waals surface area contributed by atoms with E-state index in [4.69, 9.17) is 15.2 Å². The third-order valence-electron chi connectivity index (χ3n) is 2.76. The molecule has 0 bridgehead atoms. The highest BCUT2D eigenvalue weighted by Gasteiger charge is 2.19. The van der Waals surface area contributed by atoms with Gasteiger partial charge in [0.1, 0.15) is 6.10 Å². The van der Waals surface area contributed by atoms with E-state index in [2.05, 4.69) is 0 Å². The average Bonchev–Trinajstić information content (AvgIpc) is 2.25. The molecule has 4 nitrogen and oxygen atoms in total. The summed E-state index contributed by atoms with van der Waals surface area (Å²) in [7, 11) is 0. The second-order valence-electron chi connectivity index (χ2n) is 4.18. The van der Waals surface area contributed by atoms with Gasteiger partial charge in [-0.25, -0.2) is 0 Å². The number of ether oxygens (including phenoxy) is 2. The number of aliphatic hydroxyl groups is 1. The van der Waals surface area contributed by atoms with Crippen molar-refractivity contribution in [3.05, 3.63) is 0 Å². The lowest BCUT2D eigenvalue weighted by Gasteiger charge is -2.26. The van der Waals surface area contributed by atoms with E-state index >= 15 is 0 Å². The molecule has 1 rings (SSSR count). The number of rotatable bonds is 6. The maximum atomic E-state index is 9.49. The van der Waals surface area contributed by atoms with E-state index in [1.165, 1.54) is 0 Å². The Bertz CT molecular complexity index is 158. The predicted molar refractivity (Wildman–Crippen MR) is 58.7 cm³/mol. The van der Waals surface area contributed by atoms with Gasteiger partial charge in [-0.2, -0.15) is 0 Å². The molecule has 90 valence electrons. The summed E-state index contributed by atoms with van der Waals surface area (Å²) < 4.78 is 10.7. The van der Waals surface area contributed by atoms with Crippen molar-refractivity contribution in [2.45, 2.75) is 50.9 Å². The molecule has 0 saturated heterocycles. The van der Waals surface area contributed by atoms with Crippen molar-refractivity contribution in [3.8, 4) is 0 Å². The lowest BCUT2D eigenvalue weighted by molar-refractivity contribution is -0.0524. The van der Waals surface area contributed by atoms with Crippen LogP contribution in [0.3, 0.4) is 0 Å². The van der Waals surface area contributed by atoms with Crippen LogP contribution in [0.15, 0.2) is 0 Å². The Morgan fingerprint density at radius 1 is 1.27 bits per heavy atom. The topological polar surface area (TPSA) is 64.7 Å². The molecule has 15 heavy (non-hydrogen) atoms. The summed E-state index contributed by atoms with van der Waals surface area (Å²) >= 11 is 0. The molecule has 4 heteroatoms. The van der Waals surface area contributed by atoms with E-state index in [1.54, 1.807) is 0 Å². The van der Waals surface area contributed by atoms with E-state index in [9.17, 15) is 5.11 Å². The van der Waals surface area contributed by atoms with E-state index < -0.39 is 6.10 Å². The van der Waals surface area contributed by atoms with Gasteiger partial charge in [-0.05, 0) is 32.6 Å². The third kappa shape index (κ3) is 5.47. The largest absolute Gasteiger partial charge is 0.388 e. The standard InChI is InChI=1S/C11H23NO3/c1-2-14-7-10(13)8-15-11-5-3-9(12)4-6-11/h9-11,13H,2-8,12H2,1H3. The maximum absolute atomic E-state index is 9.49. The van der Waals surface area contributed by atoms with Crippen LogP contribution in [0.25, 0.3) is 0 Å². The quantitative estimate of drug-likeness (QED) is 0.686. The van der Waals surface area contributed by atoms with Gasteiger partial charge in [0.2, 0.25) is 0 Å². The molecular weight excluding hydrogens is 194 g/mol. The van der Waals surface area contributed by atoms with Gasteiger partial charge in [0.05, 0.1) is 19.3 Å². The lowest BCUT2D eigenvalue weighted by atomic mass is 9.94. The summed E-state index contributed by atoms with van der Waals surface area (Å²) in [5, 5.41) is 9.49. The van der Waals surface area contributed by atoms with Crippen LogP contribution in [0.1, 0.15) is 32.6 Å². The van der Waals surface area contributed by atoms with E-state index in [0.717, 1.165) is 25.7 Å². The molecule has 0 spiro atoms. The fourth-order valence-corrected chi connectivity index (χ4v) is 1.80. The summed E-state index contributed by atoms with van der Waals surface area (Å²) in [6.07, 6.45) is 3.88. The van der Waals surface area contributed by atoms with Gasteiger partial charge in [0.25, 0.3) is 0 Å². The van der Waals surface area contributed by atoms with Crippen molar-refractivity contribution in [2.24, 2.45) is 5.73 Å². The minimum Gasteiger partial charge on any atom is -0.388 e. The Morgan fingerprint density at radius 2 is 1.93 bits per heavy atom. The number of nitrogens with two attached hydrogens (primary N) is 1. The molecule has 1 unspecified atom stereocenters. The van der Waals surface area contributed by atoms with Crippen molar-refractivity contribution in [3.63, 3.8) is 0 Å². The molecule has 3 N–H and O–H groups in total. The minimum atomic E-state index is -0.499. The first-order valence-electron chi connectivity index (χ1n) is 5.85. The molecule has 1 atom stereocenters. The van der Waals surface area contributed by atoms with Crippen LogP contribution in [0, 0.1) is 0 Å². The fraction of sp³-hybridized carbons (Fsp3) is 1.00. The van der Waals surface area contributed by atoms with Gasteiger partial charge < -0.3 is 20.3 Å². The van der Waals surface area contributed by atoms with Gasteiger partial charge in [-0.15, -0.1) is 0 Å². The smallest absolute Gasteiger partial charge is 0.101 e. The number of hydrogen-bond acceptors (Lipinski definition) is 4. The lowest BCUT2D eigenvalue weighted by Crippen LogP contribution is -2.32. The Kier molecular flexibility index (Phi) is 6.17. The summed E-state index contributed by atoms with van der Waals surface area (Å²) in [5.41, 5.74) is 5.79. The molecule has 0 aromatic carbocycles. The summed E-state index contributed by atoms with van der Waals surface area (Å²) in [6.45, 7) is 3.29.